The molecule has 12 nitrogen and oxygen atoms in total. The molecule has 0 unspecified atom stereocenters. The van der Waals surface area contributed by atoms with Crippen molar-refractivity contribution in [3.05, 3.63) is 70.7 Å². The van der Waals surface area contributed by atoms with E-state index in [-0.39, 0.29) is 36.0 Å². The fraction of sp³-hybridized carbons (Fsp3) is 0.367. The summed E-state index contributed by atoms with van der Waals surface area (Å²) in [6.45, 7) is 0.643. The number of nitrogens with zero attached hydrogens (tertiary/aromatic N) is 2. The van der Waals surface area contributed by atoms with Crippen molar-refractivity contribution < 1.29 is 29.4 Å². The van der Waals surface area contributed by atoms with Crippen molar-refractivity contribution in [3.63, 3.8) is 0 Å². The Bertz CT molecular complexity index is 1500. The zero-order chi connectivity index (χ0) is 31.2. The molecule has 0 spiro atoms. The van der Waals surface area contributed by atoms with Gasteiger partial charge in [-0.25, -0.2) is 4.98 Å². The molecule has 0 aliphatic carbocycles. The lowest BCUT2D eigenvalue weighted by Crippen LogP contribution is -2.59. The highest BCUT2D eigenvalue weighted by Crippen LogP contribution is 2.30. The SMILES string of the molecule is NC(=O)[C@@H]1CSCc2csc(n2)N2CCC[C@H]2C(=O)N[C@@H](Cc2ccc(O)cc2)C(=O)N[C@@H](Cc2ccc(O)cc2)C(=O)N1. The van der Waals surface area contributed by atoms with E-state index in [1.807, 2.05) is 10.3 Å². The molecule has 1 saturated heterocycles. The van der Waals surface area contributed by atoms with Gasteiger partial charge in [0.15, 0.2) is 5.13 Å². The summed E-state index contributed by atoms with van der Waals surface area (Å²) in [5.41, 5.74) is 7.76. The van der Waals surface area contributed by atoms with Gasteiger partial charge in [0.05, 0.1) is 5.69 Å². The number of primary amides is 1. The molecule has 14 heteroatoms. The number of rotatable bonds is 5. The maximum absolute atomic E-state index is 13.9. The molecule has 2 aliphatic rings. The van der Waals surface area contributed by atoms with Crippen molar-refractivity contribution in [2.45, 2.75) is 55.6 Å². The summed E-state index contributed by atoms with van der Waals surface area (Å²) in [4.78, 5) is 60.1. The second-order valence-electron chi connectivity index (χ2n) is 10.8. The van der Waals surface area contributed by atoms with E-state index in [1.54, 1.807) is 24.3 Å². The Hall–Kier alpha value is -4.30. The number of phenolic OH excluding ortho intramolecular Hbond substituents is 2. The largest absolute Gasteiger partial charge is 0.508 e. The van der Waals surface area contributed by atoms with Gasteiger partial charge in [-0.15, -0.1) is 11.3 Å². The number of hydrogen-bond donors (Lipinski definition) is 6. The molecule has 5 rings (SSSR count). The minimum atomic E-state index is -1.13. The predicted molar refractivity (Wildman–Crippen MR) is 167 cm³/mol. The number of fused-ring (bicyclic) bond motifs is 4. The van der Waals surface area contributed by atoms with Crippen molar-refractivity contribution in [1.82, 2.24) is 20.9 Å². The van der Waals surface area contributed by atoms with Crippen molar-refractivity contribution in [1.29, 1.82) is 0 Å². The number of benzene rings is 2. The third kappa shape index (κ3) is 7.80. The molecule has 3 aromatic rings. The Morgan fingerprint density at radius 3 is 2.05 bits per heavy atom. The van der Waals surface area contributed by atoms with Gasteiger partial charge < -0.3 is 36.8 Å². The molecule has 4 atom stereocenters. The summed E-state index contributed by atoms with van der Waals surface area (Å²) in [5, 5.41) is 30.5. The first-order valence-electron chi connectivity index (χ1n) is 14.2. The van der Waals surface area contributed by atoms with Crippen LogP contribution in [0.5, 0.6) is 11.5 Å². The molecule has 3 heterocycles. The maximum Gasteiger partial charge on any atom is 0.243 e. The summed E-state index contributed by atoms with van der Waals surface area (Å²) in [6.07, 6.45) is 1.52. The minimum absolute atomic E-state index is 0.0479. The summed E-state index contributed by atoms with van der Waals surface area (Å²) in [5.74, 6) is -1.47. The number of carbonyl (C=O) groups is 4. The van der Waals surface area contributed by atoms with Crippen molar-refractivity contribution in [2.75, 3.05) is 17.2 Å². The molecule has 1 aromatic heterocycles. The van der Waals surface area contributed by atoms with Crippen LogP contribution in [-0.4, -0.2) is 75.3 Å². The topological polar surface area (TPSA) is 187 Å². The van der Waals surface area contributed by atoms with Gasteiger partial charge in [0.25, 0.3) is 0 Å². The lowest BCUT2D eigenvalue weighted by Gasteiger charge is -2.27. The van der Waals surface area contributed by atoms with E-state index in [2.05, 4.69) is 16.0 Å². The van der Waals surface area contributed by atoms with Crippen molar-refractivity contribution >= 4 is 51.9 Å². The molecule has 0 radical (unpaired) electrons. The highest BCUT2D eigenvalue weighted by molar-refractivity contribution is 7.98. The van der Waals surface area contributed by atoms with Crippen LogP contribution in [0.4, 0.5) is 5.13 Å². The van der Waals surface area contributed by atoms with E-state index in [4.69, 9.17) is 10.7 Å². The lowest BCUT2D eigenvalue weighted by atomic mass is 10.0. The molecule has 232 valence electrons. The first-order valence-corrected chi connectivity index (χ1v) is 16.2. The molecule has 4 amide bonds. The van der Waals surface area contributed by atoms with Crippen molar-refractivity contribution in [2.24, 2.45) is 5.73 Å². The van der Waals surface area contributed by atoms with Crippen LogP contribution < -0.4 is 26.6 Å². The predicted octanol–water partition coefficient (Wildman–Crippen LogP) is 1.20. The number of nitrogens with one attached hydrogen (secondary N) is 3. The first kappa shape index (κ1) is 31.1. The molecular weight excluding hydrogens is 605 g/mol. The molecule has 2 aliphatic heterocycles. The Labute approximate surface area is 262 Å². The second kappa shape index (κ2) is 14.0. The number of aromatic hydroxyl groups is 2. The summed E-state index contributed by atoms with van der Waals surface area (Å²) in [6, 6.07) is 8.80. The molecule has 44 heavy (non-hydrogen) atoms. The number of phenols is 2. The van der Waals surface area contributed by atoms with Gasteiger partial charge >= 0.3 is 0 Å². The van der Waals surface area contributed by atoms with Gasteiger partial charge in [-0.05, 0) is 48.2 Å². The van der Waals surface area contributed by atoms with E-state index in [0.29, 0.717) is 35.0 Å². The summed E-state index contributed by atoms with van der Waals surface area (Å²) in [7, 11) is 0. The first-order chi connectivity index (χ1) is 21.2. The highest BCUT2D eigenvalue weighted by Gasteiger charge is 2.36. The molecule has 0 saturated carbocycles. The number of carbonyl (C=O) groups excluding carboxylic acids is 4. The smallest absolute Gasteiger partial charge is 0.243 e. The van der Waals surface area contributed by atoms with Gasteiger partial charge in [0, 0.05) is 36.3 Å². The standard InChI is InChI=1S/C30H34N6O6S2/c31-26(39)24-16-43-14-19-15-44-30(32-19)36-11-1-2-25(36)29(42)34-23(13-18-5-9-21(38)10-6-18)27(40)33-22(28(41)35-24)12-17-3-7-20(37)8-4-17/h3-10,15,22-25,37-38H,1-2,11-14,16H2,(H2,31,39)(H,33,40)(H,34,42)(H,35,41)/t22-,23-,24-,25-/m0/s1. The number of anilines is 1. The minimum Gasteiger partial charge on any atom is -0.508 e. The van der Waals surface area contributed by atoms with E-state index in [9.17, 15) is 29.4 Å². The molecular formula is C30H34N6O6S2. The van der Waals surface area contributed by atoms with Gasteiger partial charge in [-0.1, -0.05) is 24.3 Å². The number of nitrogens with two attached hydrogens (primary N) is 1. The summed E-state index contributed by atoms with van der Waals surface area (Å²) < 4.78 is 0. The van der Waals surface area contributed by atoms with Crippen LogP contribution in [0.15, 0.2) is 53.9 Å². The number of hydrogen-bond acceptors (Lipinski definition) is 10. The number of amides is 4. The lowest BCUT2D eigenvalue weighted by molar-refractivity contribution is -0.133. The normalized spacial score (nSPS) is 23.2. The van der Waals surface area contributed by atoms with Crippen LogP contribution >= 0.6 is 23.1 Å². The van der Waals surface area contributed by atoms with Crippen LogP contribution in [0.3, 0.4) is 0 Å². The van der Waals surface area contributed by atoms with Gasteiger partial charge in [0.2, 0.25) is 23.6 Å². The van der Waals surface area contributed by atoms with Crippen LogP contribution in [0.25, 0.3) is 0 Å². The van der Waals surface area contributed by atoms with Crippen LogP contribution in [0.2, 0.25) is 0 Å². The molecule has 2 aromatic carbocycles. The number of thiazole rings is 1. The quantitative estimate of drug-likeness (QED) is 0.239. The third-order valence-corrected chi connectivity index (χ3v) is 9.55. The fourth-order valence-electron chi connectivity index (χ4n) is 5.21. The van der Waals surface area contributed by atoms with Crippen molar-refractivity contribution in [3.8, 4) is 11.5 Å². The van der Waals surface area contributed by atoms with Gasteiger partial charge in [0.1, 0.15) is 35.7 Å². The van der Waals surface area contributed by atoms with Gasteiger partial charge in [-0.3, -0.25) is 19.2 Å². The van der Waals surface area contributed by atoms with E-state index < -0.39 is 41.9 Å². The zero-order valence-electron chi connectivity index (χ0n) is 23.8. The van der Waals surface area contributed by atoms with Crippen LogP contribution in [0.1, 0.15) is 29.7 Å². The highest BCUT2D eigenvalue weighted by atomic mass is 32.2. The molecule has 1 fully saturated rings. The van der Waals surface area contributed by atoms with Crippen LogP contribution in [-0.2, 0) is 37.8 Å². The third-order valence-electron chi connectivity index (χ3n) is 7.55. The van der Waals surface area contributed by atoms with E-state index in [1.165, 1.54) is 47.4 Å². The number of aromatic nitrogens is 1. The Balaban J connectivity index is 1.48. The van der Waals surface area contributed by atoms with E-state index >= 15 is 0 Å². The molecule has 2 bridgehead atoms. The average molecular weight is 639 g/mol. The zero-order valence-corrected chi connectivity index (χ0v) is 25.4. The summed E-state index contributed by atoms with van der Waals surface area (Å²) >= 11 is 2.82. The maximum atomic E-state index is 13.9. The van der Waals surface area contributed by atoms with Gasteiger partial charge in [-0.2, -0.15) is 11.8 Å². The molecule has 7 N–H and O–H groups in total. The Kier molecular flexibility index (Phi) is 9.90. The number of thioether (sulfide) groups is 1. The second-order valence-corrected chi connectivity index (χ2v) is 12.7. The average Bonchev–Trinajstić information content (AvgIpc) is 3.67. The van der Waals surface area contributed by atoms with Crippen LogP contribution in [0, 0.1) is 0 Å². The Morgan fingerprint density at radius 2 is 1.45 bits per heavy atom. The fourth-order valence-corrected chi connectivity index (χ4v) is 7.17. The monoisotopic (exact) mass is 638 g/mol. The van der Waals surface area contributed by atoms with E-state index in [0.717, 1.165) is 12.1 Å². The Morgan fingerprint density at radius 1 is 0.886 bits per heavy atom.